The third kappa shape index (κ3) is 2.72. The Morgan fingerprint density at radius 1 is 1.33 bits per heavy atom. The molecule has 1 rings (SSSR count). The molecule has 1 aliphatic carbocycles. The Bertz CT molecular complexity index is 117. The summed E-state index contributed by atoms with van der Waals surface area (Å²) in [5.41, 5.74) is 0. The van der Waals surface area contributed by atoms with Gasteiger partial charge in [-0.15, -0.1) is 0 Å². The van der Waals surface area contributed by atoms with E-state index in [2.05, 4.69) is 4.90 Å². The van der Waals surface area contributed by atoms with Crippen molar-refractivity contribution < 1.29 is 9.50 Å². The van der Waals surface area contributed by atoms with Crippen molar-refractivity contribution in [2.75, 3.05) is 26.4 Å². The van der Waals surface area contributed by atoms with Crippen molar-refractivity contribution in [1.29, 1.82) is 0 Å². The molecule has 0 radical (unpaired) electrons. The summed E-state index contributed by atoms with van der Waals surface area (Å²) in [6.07, 6.45) is 4.36. The van der Waals surface area contributed by atoms with Crippen LogP contribution in [-0.4, -0.2) is 42.4 Å². The summed E-state index contributed by atoms with van der Waals surface area (Å²) < 4.78 is 11.9. The molecule has 0 saturated heterocycles. The lowest BCUT2D eigenvalue weighted by Crippen LogP contribution is -2.42. The molecule has 0 unspecified atom stereocenters. The molecule has 72 valence electrons. The second-order valence-electron chi connectivity index (χ2n) is 3.39. The summed E-state index contributed by atoms with van der Waals surface area (Å²) in [4.78, 5) is 2.21. The largest absolute Gasteiger partial charge is 0.395 e. The van der Waals surface area contributed by atoms with E-state index in [0.717, 1.165) is 6.54 Å². The van der Waals surface area contributed by atoms with Crippen molar-refractivity contribution in [2.45, 2.75) is 31.7 Å². The quantitative estimate of drug-likeness (QED) is 0.655. The number of nitrogens with zero attached hydrogens (tertiary/aromatic N) is 1. The van der Waals surface area contributed by atoms with Crippen molar-refractivity contribution in [1.82, 2.24) is 4.90 Å². The van der Waals surface area contributed by atoms with Crippen LogP contribution in [0.4, 0.5) is 4.39 Å². The first-order valence-electron chi connectivity index (χ1n) is 4.79. The molecule has 1 fully saturated rings. The van der Waals surface area contributed by atoms with Crippen LogP contribution in [0.2, 0.25) is 0 Å². The number of alkyl halides is 1. The van der Waals surface area contributed by atoms with E-state index >= 15 is 0 Å². The molecule has 0 aliphatic heterocycles. The molecule has 0 bridgehead atoms. The summed E-state index contributed by atoms with van der Waals surface area (Å²) in [5.74, 6) is 0. The second kappa shape index (κ2) is 5.49. The standard InChI is InChI=1S/C9H18FNO/c10-5-2-6-11(7-8-12)9-3-1-4-9/h9,12H,1-8H2. The lowest BCUT2D eigenvalue weighted by molar-refractivity contribution is 0.0980. The molecule has 1 N–H and O–H groups in total. The first kappa shape index (κ1) is 9.93. The van der Waals surface area contributed by atoms with Gasteiger partial charge in [-0.05, 0) is 19.3 Å². The van der Waals surface area contributed by atoms with Gasteiger partial charge in [-0.25, -0.2) is 0 Å². The first-order chi connectivity index (χ1) is 5.88. The van der Waals surface area contributed by atoms with E-state index in [-0.39, 0.29) is 13.3 Å². The van der Waals surface area contributed by atoms with Crippen LogP contribution in [0.15, 0.2) is 0 Å². The minimum Gasteiger partial charge on any atom is -0.395 e. The Morgan fingerprint density at radius 2 is 2.08 bits per heavy atom. The average molecular weight is 175 g/mol. The van der Waals surface area contributed by atoms with Gasteiger partial charge in [-0.2, -0.15) is 0 Å². The molecule has 1 saturated carbocycles. The van der Waals surface area contributed by atoms with Gasteiger partial charge in [0.15, 0.2) is 0 Å². The van der Waals surface area contributed by atoms with Crippen LogP contribution in [0, 0.1) is 0 Å². The van der Waals surface area contributed by atoms with E-state index in [0.29, 0.717) is 19.0 Å². The maximum atomic E-state index is 11.9. The minimum atomic E-state index is -0.241. The first-order valence-corrected chi connectivity index (χ1v) is 4.79. The fraction of sp³-hybridized carbons (Fsp3) is 1.00. The molecule has 3 heteroatoms. The Hall–Kier alpha value is -0.150. The van der Waals surface area contributed by atoms with Crippen molar-refractivity contribution in [3.8, 4) is 0 Å². The van der Waals surface area contributed by atoms with Gasteiger partial charge >= 0.3 is 0 Å². The predicted molar refractivity (Wildman–Crippen MR) is 46.9 cm³/mol. The Labute approximate surface area is 73.4 Å². The normalized spacial score (nSPS) is 18.2. The highest BCUT2D eigenvalue weighted by molar-refractivity contribution is 4.79. The second-order valence-corrected chi connectivity index (χ2v) is 3.39. The molecule has 0 atom stereocenters. The number of aliphatic hydroxyl groups is 1. The summed E-state index contributed by atoms with van der Waals surface area (Å²) >= 11 is 0. The zero-order valence-electron chi connectivity index (χ0n) is 7.51. The zero-order valence-corrected chi connectivity index (χ0v) is 7.51. The van der Waals surface area contributed by atoms with Gasteiger partial charge in [0.2, 0.25) is 0 Å². The number of halogens is 1. The van der Waals surface area contributed by atoms with Gasteiger partial charge in [-0.1, -0.05) is 6.42 Å². The molecule has 0 aromatic rings. The Kier molecular flexibility index (Phi) is 4.54. The lowest BCUT2D eigenvalue weighted by atomic mass is 9.91. The molecule has 0 aromatic carbocycles. The highest BCUT2D eigenvalue weighted by Crippen LogP contribution is 2.24. The van der Waals surface area contributed by atoms with Gasteiger partial charge in [0.25, 0.3) is 0 Å². The minimum absolute atomic E-state index is 0.197. The molecule has 1 aliphatic rings. The fourth-order valence-corrected chi connectivity index (χ4v) is 1.62. The van der Waals surface area contributed by atoms with Crippen LogP contribution < -0.4 is 0 Å². The van der Waals surface area contributed by atoms with Crippen LogP contribution in [0.5, 0.6) is 0 Å². The van der Waals surface area contributed by atoms with Crippen molar-refractivity contribution in [3.63, 3.8) is 0 Å². The van der Waals surface area contributed by atoms with Crippen molar-refractivity contribution >= 4 is 0 Å². The molecule has 0 heterocycles. The van der Waals surface area contributed by atoms with Gasteiger partial charge in [-0.3, -0.25) is 9.29 Å². The van der Waals surface area contributed by atoms with Gasteiger partial charge in [0, 0.05) is 19.1 Å². The summed E-state index contributed by atoms with van der Waals surface area (Å²) in [7, 11) is 0. The molecule has 0 aromatic heterocycles. The van der Waals surface area contributed by atoms with Crippen LogP contribution in [0.1, 0.15) is 25.7 Å². The molecular weight excluding hydrogens is 157 g/mol. The number of hydrogen-bond donors (Lipinski definition) is 1. The van der Waals surface area contributed by atoms with E-state index in [9.17, 15) is 4.39 Å². The zero-order chi connectivity index (χ0) is 8.81. The van der Waals surface area contributed by atoms with Crippen LogP contribution in [-0.2, 0) is 0 Å². The van der Waals surface area contributed by atoms with Crippen LogP contribution >= 0.6 is 0 Å². The summed E-state index contributed by atoms with van der Waals surface area (Å²) in [5, 5.41) is 8.77. The number of aliphatic hydroxyl groups excluding tert-OH is 1. The smallest absolute Gasteiger partial charge is 0.0906 e. The van der Waals surface area contributed by atoms with Crippen LogP contribution in [0.25, 0.3) is 0 Å². The molecule has 2 nitrogen and oxygen atoms in total. The molecule has 12 heavy (non-hydrogen) atoms. The number of hydrogen-bond acceptors (Lipinski definition) is 2. The van der Waals surface area contributed by atoms with Crippen molar-refractivity contribution in [3.05, 3.63) is 0 Å². The average Bonchev–Trinajstić information content (AvgIpc) is 1.97. The predicted octanol–water partition coefficient (Wildman–Crippen LogP) is 1.19. The van der Waals surface area contributed by atoms with Gasteiger partial charge < -0.3 is 5.11 Å². The summed E-state index contributed by atoms with van der Waals surface area (Å²) in [6, 6.07) is 0.628. The highest BCUT2D eigenvalue weighted by atomic mass is 19.1. The highest BCUT2D eigenvalue weighted by Gasteiger charge is 2.23. The Morgan fingerprint density at radius 3 is 2.50 bits per heavy atom. The van der Waals surface area contributed by atoms with Gasteiger partial charge in [0.1, 0.15) is 0 Å². The van der Waals surface area contributed by atoms with E-state index in [1.807, 2.05) is 0 Å². The van der Waals surface area contributed by atoms with E-state index in [1.54, 1.807) is 0 Å². The SMILES string of the molecule is OCCN(CCCF)C1CCC1. The fourth-order valence-electron chi connectivity index (χ4n) is 1.62. The Balaban J connectivity index is 2.17. The molecule has 0 amide bonds. The van der Waals surface area contributed by atoms with E-state index in [4.69, 9.17) is 5.11 Å². The molecule has 0 spiro atoms. The number of rotatable bonds is 6. The van der Waals surface area contributed by atoms with Crippen molar-refractivity contribution in [2.24, 2.45) is 0 Å². The van der Waals surface area contributed by atoms with Crippen LogP contribution in [0.3, 0.4) is 0 Å². The van der Waals surface area contributed by atoms with Gasteiger partial charge in [0.05, 0.1) is 13.3 Å². The van der Waals surface area contributed by atoms with E-state index in [1.165, 1.54) is 19.3 Å². The third-order valence-corrected chi connectivity index (χ3v) is 2.56. The monoisotopic (exact) mass is 175 g/mol. The third-order valence-electron chi connectivity index (χ3n) is 2.56. The van der Waals surface area contributed by atoms with E-state index < -0.39 is 0 Å². The molecular formula is C9H18FNO. The maximum absolute atomic E-state index is 11.9. The summed E-state index contributed by atoms with van der Waals surface area (Å²) in [6.45, 7) is 1.48. The topological polar surface area (TPSA) is 23.5 Å². The lowest BCUT2D eigenvalue weighted by Gasteiger charge is -2.37. The maximum Gasteiger partial charge on any atom is 0.0906 e.